The van der Waals surface area contributed by atoms with E-state index in [-0.39, 0.29) is 0 Å². The maximum Gasteiger partial charge on any atom is 0.339 e. The van der Waals surface area contributed by atoms with E-state index in [1.807, 2.05) is 30.5 Å². The van der Waals surface area contributed by atoms with Gasteiger partial charge in [-0.15, -0.1) is 11.8 Å². The topological polar surface area (TPSA) is 38.3 Å². The molecule has 5 heteroatoms. The van der Waals surface area contributed by atoms with Gasteiger partial charge in [0.15, 0.2) is 0 Å². The molecular weight excluding hydrogens is 289 g/mol. The summed E-state index contributed by atoms with van der Waals surface area (Å²) >= 11 is 1.67. The molecule has 0 saturated carbocycles. The van der Waals surface area contributed by atoms with Crippen LogP contribution in [0.4, 0.5) is 10.1 Å². The number of esters is 1. The highest BCUT2D eigenvalue weighted by Crippen LogP contribution is 2.20. The molecule has 1 N–H and O–H groups in total. The minimum atomic E-state index is -0.491. The maximum absolute atomic E-state index is 13.3. The summed E-state index contributed by atoms with van der Waals surface area (Å²) in [4.78, 5) is 12.8. The first-order valence-corrected chi connectivity index (χ1v) is 7.61. The van der Waals surface area contributed by atoms with E-state index in [1.165, 1.54) is 30.2 Å². The third kappa shape index (κ3) is 3.98. The Labute approximate surface area is 127 Å². The Hall–Kier alpha value is -2.01. The molecule has 0 atom stereocenters. The van der Waals surface area contributed by atoms with Crippen LogP contribution in [-0.2, 0) is 11.3 Å². The van der Waals surface area contributed by atoms with Gasteiger partial charge < -0.3 is 10.1 Å². The molecule has 2 aromatic rings. The normalized spacial score (nSPS) is 10.2. The lowest BCUT2D eigenvalue weighted by Crippen LogP contribution is -2.08. The second-order valence-electron chi connectivity index (χ2n) is 4.38. The fourth-order valence-electron chi connectivity index (χ4n) is 1.89. The second kappa shape index (κ2) is 7.13. The van der Waals surface area contributed by atoms with Gasteiger partial charge in [0.1, 0.15) is 5.82 Å². The van der Waals surface area contributed by atoms with Crippen molar-refractivity contribution < 1.29 is 13.9 Å². The molecule has 110 valence electrons. The van der Waals surface area contributed by atoms with Crippen LogP contribution in [0.2, 0.25) is 0 Å². The summed E-state index contributed by atoms with van der Waals surface area (Å²) in [5.74, 6) is -0.891. The molecule has 0 spiro atoms. The predicted octanol–water partition coefficient (Wildman–Crippen LogP) is 3.95. The molecule has 0 bridgehead atoms. The summed E-state index contributed by atoms with van der Waals surface area (Å²) in [6.07, 6.45) is 2.02. The van der Waals surface area contributed by atoms with Crippen molar-refractivity contribution in [3.8, 4) is 0 Å². The number of carbonyl (C=O) groups excluding carboxylic acids is 1. The number of hydrogen-bond acceptors (Lipinski definition) is 4. The van der Waals surface area contributed by atoms with Crippen molar-refractivity contribution >= 4 is 23.4 Å². The Bertz CT molecular complexity index is 629. The van der Waals surface area contributed by atoms with E-state index in [9.17, 15) is 9.18 Å². The van der Waals surface area contributed by atoms with Crippen molar-refractivity contribution in [3.05, 3.63) is 59.4 Å². The van der Waals surface area contributed by atoms with Crippen molar-refractivity contribution in [2.75, 3.05) is 18.7 Å². The number of methoxy groups -OCH3 is 1. The van der Waals surface area contributed by atoms with Gasteiger partial charge in [0.25, 0.3) is 0 Å². The van der Waals surface area contributed by atoms with Crippen LogP contribution in [-0.4, -0.2) is 19.3 Å². The van der Waals surface area contributed by atoms with E-state index in [0.29, 0.717) is 17.8 Å². The van der Waals surface area contributed by atoms with Crippen LogP contribution in [0.5, 0.6) is 0 Å². The predicted molar refractivity (Wildman–Crippen MR) is 83.3 cm³/mol. The summed E-state index contributed by atoms with van der Waals surface area (Å²) < 4.78 is 18.0. The molecule has 2 aromatic carbocycles. The molecule has 0 aliphatic rings. The van der Waals surface area contributed by atoms with Crippen LogP contribution in [0.15, 0.2) is 47.4 Å². The molecule has 0 aromatic heterocycles. The van der Waals surface area contributed by atoms with Crippen molar-refractivity contribution in [2.24, 2.45) is 0 Å². The molecule has 2 rings (SSSR count). The minimum Gasteiger partial charge on any atom is -0.465 e. The molecule has 0 aliphatic heterocycles. The van der Waals surface area contributed by atoms with Crippen molar-refractivity contribution in [3.63, 3.8) is 0 Å². The van der Waals surface area contributed by atoms with Gasteiger partial charge in [-0.2, -0.15) is 0 Å². The first-order chi connectivity index (χ1) is 10.1. The van der Waals surface area contributed by atoms with Gasteiger partial charge in [0.05, 0.1) is 18.4 Å². The zero-order valence-electron chi connectivity index (χ0n) is 11.9. The van der Waals surface area contributed by atoms with Gasteiger partial charge in [0, 0.05) is 11.4 Å². The molecule has 0 fully saturated rings. The Morgan fingerprint density at radius 2 is 1.95 bits per heavy atom. The Morgan fingerprint density at radius 3 is 2.57 bits per heavy atom. The van der Waals surface area contributed by atoms with Crippen LogP contribution in [0.1, 0.15) is 15.9 Å². The quantitative estimate of drug-likeness (QED) is 0.670. The van der Waals surface area contributed by atoms with E-state index in [0.717, 1.165) is 5.56 Å². The fourth-order valence-corrected chi connectivity index (χ4v) is 2.30. The van der Waals surface area contributed by atoms with Gasteiger partial charge in [-0.3, -0.25) is 0 Å². The van der Waals surface area contributed by atoms with Crippen molar-refractivity contribution in [1.82, 2.24) is 0 Å². The van der Waals surface area contributed by atoms with E-state index in [1.54, 1.807) is 11.8 Å². The molecule has 21 heavy (non-hydrogen) atoms. The summed E-state index contributed by atoms with van der Waals surface area (Å²) in [6, 6.07) is 12.0. The second-order valence-corrected chi connectivity index (χ2v) is 5.26. The van der Waals surface area contributed by atoms with Crippen molar-refractivity contribution in [2.45, 2.75) is 11.4 Å². The maximum atomic E-state index is 13.3. The molecule has 3 nitrogen and oxygen atoms in total. The Kier molecular flexibility index (Phi) is 5.22. The molecule has 0 aliphatic carbocycles. The van der Waals surface area contributed by atoms with E-state index < -0.39 is 11.8 Å². The zero-order chi connectivity index (χ0) is 15.2. The summed E-state index contributed by atoms with van der Waals surface area (Å²) in [6.45, 7) is 0.502. The summed E-state index contributed by atoms with van der Waals surface area (Å²) in [5.41, 5.74) is 1.79. The van der Waals surface area contributed by atoms with Crippen LogP contribution in [0.25, 0.3) is 0 Å². The monoisotopic (exact) mass is 305 g/mol. The van der Waals surface area contributed by atoms with Crippen LogP contribution in [0, 0.1) is 5.82 Å². The third-order valence-corrected chi connectivity index (χ3v) is 3.77. The van der Waals surface area contributed by atoms with Gasteiger partial charge in [0.2, 0.25) is 0 Å². The van der Waals surface area contributed by atoms with Crippen molar-refractivity contribution in [1.29, 1.82) is 0 Å². The molecule has 0 amide bonds. The number of thioether (sulfide) groups is 1. The Balaban J connectivity index is 2.14. The lowest BCUT2D eigenvalue weighted by Gasteiger charge is -2.11. The van der Waals surface area contributed by atoms with Gasteiger partial charge in [-0.05, 0) is 42.2 Å². The standard InChI is InChI=1S/C16H16FNO2S/c1-20-16(19)14-8-5-12(17)9-15(14)18-10-11-3-6-13(21-2)7-4-11/h3-9,18H,10H2,1-2H3. The first-order valence-electron chi connectivity index (χ1n) is 6.38. The van der Waals surface area contributed by atoms with E-state index in [4.69, 9.17) is 4.74 Å². The van der Waals surface area contributed by atoms with Gasteiger partial charge in [-0.1, -0.05) is 12.1 Å². The Morgan fingerprint density at radius 1 is 1.24 bits per heavy atom. The average Bonchev–Trinajstić information content (AvgIpc) is 2.52. The van der Waals surface area contributed by atoms with Crippen LogP contribution >= 0.6 is 11.8 Å². The van der Waals surface area contributed by atoms with Gasteiger partial charge in [-0.25, -0.2) is 9.18 Å². The molecule has 0 saturated heterocycles. The fraction of sp³-hybridized carbons (Fsp3) is 0.188. The number of nitrogens with one attached hydrogen (secondary N) is 1. The number of benzene rings is 2. The van der Waals surface area contributed by atoms with Gasteiger partial charge >= 0.3 is 5.97 Å². The largest absolute Gasteiger partial charge is 0.465 e. The molecule has 0 radical (unpaired) electrons. The SMILES string of the molecule is COC(=O)c1ccc(F)cc1NCc1ccc(SC)cc1. The molecular formula is C16H16FNO2S. The molecule has 0 unspecified atom stereocenters. The number of anilines is 1. The van der Waals surface area contributed by atoms with Crippen LogP contribution < -0.4 is 5.32 Å². The lowest BCUT2D eigenvalue weighted by atomic mass is 10.1. The smallest absolute Gasteiger partial charge is 0.339 e. The highest BCUT2D eigenvalue weighted by molar-refractivity contribution is 7.98. The summed E-state index contributed by atoms with van der Waals surface area (Å²) in [7, 11) is 1.30. The summed E-state index contributed by atoms with van der Waals surface area (Å²) in [5, 5.41) is 3.08. The first kappa shape index (κ1) is 15.4. The lowest BCUT2D eigenvalue weighted by molar-refractivity contribution is 0.0602. The van der Waals surface area contributed by atoms with E-state index >= 15 is 0 Å². The zero-order valence-corrected chi connectivity index (χ0v) is 12.7. The third-order valence-electron chi connectivity index (χ3n) is 3.03. The number of hydrogen-bond donors (Lipinski definition) is 1. The highest BCUT2D eigenvalue weighted by atomic mass is 32.2. The van der Waals surface area contributed by atoms with E-state index in [2.05, 4.69) is 5.32 Å². The molecule has 0 heterocycles. The highest BCUT2D eigenvalue weighted by Gasteiger charge is 2.12. The average molecular weight is 305 g/mol. The number of halogens is 1. The number of rotatable bonds is 5. The minimum absolute atomic E-state index is 0.319. The van der Waals surface area contributed by atoms with Crippen LogP contribution in [0.3, 0.4) is 0 Å². The number of carbonyl (C=O) groups is 1. The number of ether oxygens (including phenoxy) is 1.